The number of nitrogens with one attached hydrogen (secondary N) is 1. The molecule has 4 heteroatoms. The highest BCUT2D eigenvalue weighted by molar-refractivity contribution is 5.91. The Morgan fingerprint density at radius 3 is 3.05 bits per heavy atom. The minimum absolute atomic E-state index is 0.752. The number of hydrogen-bond donors (Lipinski definition) is 2. The minimum Gasteiger partial charge on any atom is -0.399 e. The molecular weight excluding hydrogens is 248 g/mol. The largest absolute Gasteiger partial charge is 0.399 e. The van der Waals surface area contributed by atoms with E-state index in [1.807, 2.05) is 18.2 Å². The summed E-state index contributed by atoms with van der Waals surface area (Å²) in [6.07, 6.45) is 6.99. The van der Waals surface area contributed by atoms with Crippen molar-refractivity contribution in [3.8, 4) is 0 Å². The Kier molecular flexibility index (Phi) is 3.72. The number of benzene rings is 1. The molecule has 4 nitrogen and oxygen atoms in total. The van der Waals surface area contributed by atoms with Crippen LogP contribution in [0.2, 0.25) is 0 Å². The maximum absolute atomic E-state index is 5.87. The number of anilines is 2. The predicted octanol–water partition coefficient (Wildman–Crippen LogP) is 3.45. The first-order valence-electron chi connectivity index (χ1n) is 7.46. The molecule has 0 aliphatic heterocycles. The van der Waals surface area contributed by atoms with Gasteiger partial charge in [0, 0.05) is 17.6 Å². The molecule has 2 unspecified atom stereocenters. The van der Waals surface area contributed by atoms with Gasteiger partial charge in [-0.05, 0) is 42.9 Å². The fourth-order valence-corrected chi connectivity index (χ4v) is 3.20. The normalized spacial score (nSPS) is 22.9. The molecule has 0 radical (unpaired) electrons. The van der Waals surface area contributed by atoms with Gasteiger partial charge in [-0.1, -0.05) is 19.8 Å². The molecule has 0 bridgehead atoms. The van der Waals surface area contributed by atoms with Gasteiger partial charge in [-0.15, -0.1) is 0 Å². The number of fused-ring (bicyclic) bond motifs is 1. The Morgan fingerprint density at radius 2 is 2.20 bits per heavy atom. The molecule has 0 saturated heterocycles. The molecule has 1 aromatic carbocycles. The highest BCUT2D eigenvalue weighted by Crippen LogP contribution is 2.29. The van der Waals surface area contributed by atoms with E-state index in [0.717, 1.165) is 40.8 Å². The quantitative estimate of drug-likeness (QED) is 0.838. The van der Waals surface area contributed by atoms with Crippen LogP contribution < -0.4 is 11.1 Å². The van der Waals surface area contributed by atoms with Crippen LogP contribution in [0.15, 0.2) is 24.5 Å². The number of nitrogens with zero attached hydrogens (tertiary/aromatic N) is 2. The van der Waals surface area contributed by atoms with Crippen molar-refractivity contribution in [1.29, 1.82) is 0 Å². The van der Waals surface area contributed by atoms with Gasteiger partial charge in [0.25, 0.3) is 0 Å². The van der Waals surface area contributed by atoms with E-state index < -0.39 is 0 Å². The number of aromatic nitrogens is 2. The van der Waals surface area contributed by atoms with Gasteiger partial charge in [-0.2, -0.15) is 0 Å². The summed E-state index contributed by atoms with van der Waals surface area (Å²) in [7, 11) is 0. The molecular formula is C16H22N4. The molecule has 2 atom stereocenters. The number of nitrogens with two attached hydrogens (primary N) is 1. The second kappa shape index (κ2) is 5.65. The molecule has 106 valence electrons. The second-order valence-electron chi connectivity index (χ2n) is 6.02. The molecule has 1 heterocycles. The number of hydrogen-bond acceptors (Lipinski definition) is 4. The third-order valence-electron chi connectivity index (χ3n) is 4.26. The zero-order valence-corrected chi connectivity index (χ0v) is 12.0. The molecule has 1 aliphatic carbocycles. The van der Waals surface area contributed by atoms with E-state index in [1.165, 1.54) is 25.7 Å². The van der Waals surface area contributed by atoms with Gasteiger partial charge in [-0.25, -0.2) is 9.97 Å². The lowest BCUT2D eigenvalue weighted by Gasteiger charge is -2.27. The lowest BCUT2D eigenvalue weighted by molar-refractivity contribution is 0.293. The van der Waals surface area contributed by atoms with Crippen molar-refractivity contribution in [2.24, 2.45) is 11.8 Å². The van der Waals surface area contributed by atoms with E-state index in [9.17, 15) is 0 Å². The van der Waals surface area contributed by atoms with Crippen LogP contribution in [-0.4, -0.2) is 16.5 Å². The van der Waals surface area contributed by atoms with Crippen molar-refractivity contribution < 1.29 is 0 Å². The standard InChI is InChI=1S/C16H22N4/c1-11-3-2-4-12(7-11)9-18-16-14-8-13(17)5-6-15(14)19-10-20-16/h5-6,8,10-12H,2-4,7,9,17H2,1H3,(H,18,19,20). The van der Waals surface area contributed by atoms with Crippen LogP contribution in [-0.2, 0) is 0 Å². The summed E-state index contributed by atoms with van der Waals surface area (Å²) in [5.74, 6) is 2.51. The molecule has 20 heavy (non-hydrogen) atoms. The van der Waals surface area contributed by atoms with E-state index in [0.29, 0.717) is 0 Å². The van der Waals surface area contributed by atoms with Crippen LogP contribution in [0.4, 0.5) is 11.5 Å². The van der Waals surface area contributed by atoms with Gasteiger partial charge in [0.1, 0.15) is 12.1 Å². The number of nitrogen functional groups attached to an aromatic ring is 1. The van der Waals surface area contributed by atoms with Crippen molar-refractivity contribution in [2.45, 2.75) is 32.6 Å². The van der Waals surface area contributed by atoms with E-state index in [1.54, 1.807) is 6.33 Å². The smallest absolute Gasteiger partial charge is 0.137 e. The third kappa shape index (κ3) is 2.84. The molecule has 0 spiro atoms. The lowest BCUT2D eigenvalue weighted by Crippen LogP contribution is -2.21. The summed E-state index contributed by atoms with van der Waals surface area (Å²) in [6, 6.07) is 5.77. The summed E-state index contributed by atoms with van der Waals surface area (Å²) in [6.45, 7) is 3.35. The molecule has 3 rings (SSSR count). The second-order valence-corrected chi connectivity index (χ2v) is 6.02. The fraction of sp³-hybridized carbons (Fsp3) is 0.500. The first-order valence-corrected chi connectivity index (χ1v) is 7.46. The van der Waals surface area contributed by atoms with Gasteiger partial charge in [0.2, 0.25) is 0 Å². The van der Waals surface area contributed by atoms with Crippen LogP contribution in [0.1, 0.15) is 32.6 Å². The Hall–Kier alpha value is -1.84. The monoisotopic (exact) mass is 270 g/mol. The molecule has 1 aliphatic rings. The Balaban J connectivity index is 1.75. The maximum atomic E-state index is 5.87. The van der Waals surface area contributed by atoms with Crippen LogP contribution in [0.25, 0.3) is 10.9 Å². The van der Waals surface area contributed by atoms with Gasteiger partial charge in [0.05, 0.1) is 5.52 Å². The zero-order chi connectivity index (χ0) is 13.9. The van der Waals surface area contributed by atoms with Crippen molar-refractivity contribution in [1.82, 2.24) is 9.97 Å². The third-order valence-corrected chi connectivity index (χ3v) is 4.26. The summed E-state index contributed by atoms with van der Waals surface area (Å²) in [4.78, 5) is 8.66. The van der Waals surface area contributed by atoms with Gasteiger partial charge in [-0.3, -0.25) is 0 Å². The zero-order valence-electron chi connectivity index (χ0n) is 12.0. The van der Waals surface area contributed by atoms with Crippen LogP contribution in [0.5, 0.6) is 0 Å². The summed E-state index contributed by atoms with van der Waals surface area (Å²) < 4.78 is 0. The maximum Gasteiger partial charge on any atom is 0.137 e. The minimum atomic E-state index is 0.752. The first kappa shape index (κ1) is 13.2. The van der Waals surface area contributed by atoms with Crippen LogP contribution in [0.3, 0.4) is 0 Å². The first-order chi connectivity index (χ1) is 9.72. The van der Waals surface area contributed by atoms with E-state index in [2.05, 4.69) is 22.2 Å². The van der Waals surface area contributed by atoms with Gasteiger partial charge in [0.15, 0.2) is 0 Å². The highest BCUT2D eigenvalue weighted by atomic mass is 15.0. The molecule has 0 amide bonds. The molecule has 3 N–H and O–H groups in total. The van der Waals surface area contributed by atoms with Gasteiger partial charge >= 0.3 is 0 Å². The van der Waals surface area contributed by atoms with Crippen molar-refractivity contribution >= 4 is 22.4 Å². The summed E-state index contributed by atoms with van der Waals surface area (Å²) in [5.41, 5.74) is 7.56. The average Bonchev–Trinajstić information content (AvgIpc) is 2.45. The van der Waals surface area contributed by atoms with Gasteiger partial charge < -0.3 is 11.1 Å². The predicted molar refractivity (Wildman–Crippen MR) is 83.6 cm³/mol. The van der Waals surface area contributed by atoms with E-state index >= 15 is 0 Å². The van der Waals surface area contributed by atoms with E-state index in [-0.39, 0.29) is 0 Å². The number of rotatable bonds is 3. The average molecular weight is 270 g/mol. The molecule has 1 saturated carbocycles. The summed E-state index contributed by atoms with van der Waals surface area (Å²) in [5, 5.41) is 4.51. The molecule has 1 aromatic heterocycles. The SMILES string of the molecule is CC1CCCC(CNc2ncnc3ccc(N)cc23)C1. The molecule has 1 fully saturated rings. The fourth-order valence-electron chi connectivity index (χ4n) is 3.20. The lowest BCUT2D eigenvalue weighted by atomic mass is 9.82. The van der Waals surface area contributed by atoms with Crippen molar-refractivity contribution in [2.75, 3.05) is 17.6 Å². The van der Waals surface area contributed by atoms with E-state index in [4.69, 9.17) is 5.73 Å². The Labute approximate surface area is 119 Å². The Morgan fingerprint density at radius 1 is 1.30 bits per heavy atom. The van der Waals surface area contributed by atoms with Crippen LogP contribution >= 0.6 is 0 Å². The molecule has 2 aromatic rings. The summed E-state index contributed by atoms with van der Waals surface area (Å²) >= 11 is 0. The van der Waals surface area contributed by atoms with Crippen molar-refractivity contribution in [3.05, 3.63) is 24.5 Å². The highest BCUT2D eigenvalue weighted by Gasteiger charge is 2.18. The van der Waals surface area contributed by atoms with Crippen LogP contribution in [0, 0.1) is 11.8 Å². The topological polar surface area (TPSA) is 63.8 Å². The Bertz CT molecular complexity index is 596. The van der Waals surface area contributed by atoms with Crippen molar-refractivity contribution in [3.63, 3.8) is 0 Å².